The van der Waals surface area contributed by atoms with Crippen molar-refractivity contribution >= 4 is 10.0 Å². The van der Waals surface area contributed by atoms with Crippen LogP contribution in [0.3, 0.4) is 0 Å². The summed E-state index contributed by atoms with van der Waals surface area (Å²) in [6.45, 7) is 1.88. The fourth-order valence-corrected chi connectivity index (χ4v) is 2.52. The molecule has 0 saturated carbocycles. The SMILES string of the molecule is CN(C)CC(C)(O)CNS(=O)(=O)c1cn[nH]c1. The smallest absolute Gasteiger partial charge is 0.243 e. The summed E-state index contributed by atoms with van der Waals surface area (Å²) < 4.78 is 25.8. The van der Waals surface area contributed by atoms with Crippen LogP contribution < -0.4 is 4.72 Å². The highest BCUT2D eigenvalue weighted by Crippen LogP contribution is 2.08. The predicted octanol–water partition coefficient (Wildman–Crippen LogP) is -0.999. The van der Waals surface area contributed by atoms with E-state index in [4.69, 9.17) is 0 Å². The van der Waals surface area contributed by atoms with E-state index in [1.54, 1.807) is 25.9 Å². The summed E-state index contributed by atoms with van der Waals surface area (Å²) >= 11 is 0. The molecule has 1 heterocycles. The van der Waals surface area contributed by atoms with E-state index >= 15 is 0 Å². The molecular weight excluding hydrogens is 244 g/mol. The number of nitrogens with one attached hydrogen (secondary N) is 2. The van der Waals surface area contributed by atoms with Crippen LogP contribution in [0.25, 0.3) is 0 Å². The van der Waals surface area contributed by atoms with E-state index in [0.717, 1.165) is 0 Å². The van der Waals surface area contributed by atoms with Gasteiger partial charge in [0.05, 0.1) is 11.8 Å². The summed E-state index contributed by atoms with van der Waals surface area (Å²) in [7, 11) is 0.00102. The number of hydrogen-bond acceptors (Lipinski definition) is 5. The van der Waals surface area contributed by atoms with Crippen LogP contribution in [-0.4, -0.2) is 61.4 Å². The second-order valence-corrected chi connectivity index (χ2v) is 6.26. The Morgan fingerprint density at radius 3 is 2.71 bits per heavy atom. The first-order chi connectivity index (χ1) is 7.73. The highest BCUT2D eigenvalue weighted by molar-refractivity contribution is 7.89. The monoisotopic (exact) mass is 262 g/mol. The Labute approximate surface area is 101 Å². The van der Waals surface area contributed by atoms with Gasteiger partial charge in [0.15, 0.2) is 0 Å². The highest BCUT2D eigenvalue weighted by Gasteiger charge is 2.25. The molecule has 0 aliphatic carbocycles. The van der Waals surface area contributed by atoms with Crippen molar-refractivity contribution in [3.63, 3.8) is 0 Å². The molecule has 3 N–H and O–H groups in total. The lowest BCUT2D eigenvalue weighted by Gasteiger charge is -2.26. The zero-order valence-electron chi connectivity index (χ0n) is 10.1. The molecular formula is C9H18N4O3S. The van der Waals surface area contributed by atoms with Crippen LogP contribution in [-0.2, 0) is 10.0 Å². The Kier molecular flexibility index (Phi) is 4.26. The van der Waals surface area contributed by atoms with Crippen molar-refractivity contribution < 1.29 is 13.5 Å². The summed E-state index contributed by atoms with van der Waals surface area (Å²) in [6, 6.07) is 0. The highest BCUT2D eigenvalue weighted by atomic mass is 32.2. The lowest BCUT2D eigenvalue weighted by atomic mass is 10.1. The Morgan fingerprint density at radius 1 is 1.59 bits per heavy atom. The van der Waals surface area contributed by atoms with Crippen molar-refractivity contribution in [3.05, 3.63) is 12.4 Å². The van der Waals surface area contributed by atoms with Crippen molar-refractivity contribution in [1.82, 2.24) is 19.8 Å². The number of aliphatic hydroxyl groups is 1. The second kappa shape index (κ2) is 5.13. The first-order valence-corrected chi connectivity index (χ1v) is 6.57. The van der Waals surface area contributed by atoms with Gasteiger partial charge in [-0.15, -0.1) is 0 Å². The van der Waals surface area contributed by atoms with E-state index in [1.807, 2.05) is 0 Å². The van der Waals surface area contributed by atoms with Crippen LogP contribution in [0.4, 0.5) is 0 Å². The minimum Gasteiger partial charge on any atom is -0.387 e. The van der Waals surface area contributed by atoms with Gasteiger partial charge >= 0.3 is 0 Å². The summed E-state index contributed by atoms with van der Waals surface area (Å²) in [5.74, 6) is 0. The maximum absolute atomic E-state index is 11.7. The molecule has 0 aromatic carbocycles. The van der Waals surface area contributed by atoms with Crippen LogP contribution in [0.2, 0.25) is 0 Å². The van der Waals surface area contributed by atoms with Crippen molar-refractivity contribution in [2.24, 2.45) is 0 Å². The van der Waals surface area contributed by atoms with Crippen LogP contribution >= 0.6 is 0 Å². The van der Waals surface area contributed by atoms with E-state index in [2.05, 4.69) is 14.9 Å². The van der Waals surface area contributed by atoms with Crippen molar-refractivity contribution in [1.29, 1.82) is 0 Å². The summed E-state index contributed by atoms with van der Waals surface area (Å²) in [5, 5.41) is 15.9. The molecule has 1 atom stereocenters. The topological polar surface area (TPSA) is 98.3 Å². The van der Waals surface area contributed by atoms with E-state index in [1.165, 1.54) is 12.4 Å². The first-order valence-electron chi connectivity index (χ1n) is 5.08. The number of hydrogen-bond donors (Lipinski definition) is 3. The lowest BCUT2D eigenvalue weighted by molar-refractivity contribution is 0.0386. The van der Waals surface area contributed by atoms with Gasteiger partial charge in [-0.25, -0.2) is 13.1 Å². The molecule has 1 rings (SSSR count). The maximum Gasteiger partial charge on any atom is 0.243 e. The molecule has 0 amide bonds. The van der Waals surface area contributed by atoms with Crippen molar-refractivity contribution in [2.75, 3.05) is 27.2 Å². The number of likely N-dealkylation sites (N-methyl/N-ethyl adjacent to an activating group) is 1. The van der Waals surface area contributed by atoms with Crippen LogP contribution in [0.5, 0.6) is 0 Å². The van der Waals surface area contributed by atoms with Gasteiger partial charge in [-0.3, -0.25) is 5.10 Å². The van der Waals surface area contributed by atoms with Crippen LogP contribution in [0.15, 0.2) is 17.3 Å². The minimum absolute atomic E-state index is 0.0538. The quantitative estimate of drug-likeness (QED) is 0.611. The van der Waals surface area contributed by atoms with Crippen molar-refractivity contribution in [2.45, 2.75) is 17.4 Å². The Morgan fingerprint density at radius 2 is 2.24 bits per heavy atom. The van der Waals surface area contributed by atoms with E-state index < -0.39 is 15.6 Å². The third-order valence-electron chi connectivity index (χ3n) is 2.08. The zero-order chi connectivity index (χ0) is 13.1. The number of sulfonamides is 1. The Balaban J connectivity index is 2.62. The van der Waals surface area contributed by atoms with E-state index in [-0.39, 0.29) is 11.4 Å². The van der Waals surface area contributed by atoms with Crippen molar-refractivity contribution in [3.8, 4) is 0 Å². The molecule has 0 spiro atoms. The van der Waals surface area contributed by atoms with Crippen LogP contribution in [0, 0.1) is 0 Å². The lowest BCUT2D eigenvalue weighted by Crippen LogP contribution is -2.47. The predicted molar refractivity (Wildman–Crippen MR) is 63.0 cm³/mol. The fourth-order valence-electron chi connectivity index (χ4n) is 1.46. The maximum atomic E-state index is 11.7. The molecule has 0 aliphatic rings. The van der Waals surface area contributed by atoms with Gasteiger partial charge in [0.1, 0.15) is 4.90 Å². The average Bonchev–Trinajstić information content (AvgIpc) is 2.66. The molecule has 1 aromatic rings. The van der Waals surface area contributed by atoms with Crippen LogP contribution in [0.1, 0.15) is 6.92 Å². The molecule has 0 aliphatic heterocycles. The normalized spacial score (nSPS) is 16.1. The van der Waals surface area contributed by atoms with Gasteiger partial charge in [-0.05, 0) is 21.0 Å². The Hall–Kier alpha value is -0.960. The number of aromatic amines is 1. The zero-order valence-corrected chi connectivity index (χ0v) is 11.0. The Bertz CT molecular complexity index is 439. The number of rotatable bonds is 6. The van der Waals surface area contributed by atoms with Gasteiger partial charge in [0.25, 0.3) is 0 Å². The van der Waals surface area contributed by atoms with E-state index in [0.29, 0.717) is 6.54 Å². The molecule has 1 unspecified atom stereocenters. The minimum atomic E-state index is -3.61. The molecule has 0 radical (unpaired) electrons. The van der Waals surface area contributed by atoms with Gasteiger partial charge in [0, 0.05) is 19.3 Å². The molecule has 98 valence electrons. The molecule has 0 fully saturated rings. The molecule has 0 bridgehead atoms. The average molecular weight is 262 g/mol. The number of aromatic nitrogens is 2. The van der Waals surface area contributed by atoms with Gasteiger partial charge in [-0.1, -0.05) is 0 Å². The number of H-pyrrole nitrogens is 1. The summed E-state index contributed by atoms with van der Waals surface area (Å²) in [6.07, 6.45) is 2.49. The largest absolute Gasteiger partial charge is 0.387 e. The van der Waals surface area contributed by atoms with Gasteiger partial charge in [-0.2, -0.15) is 5.10 Å². The third-order valence-corrected chi connectivity index (χ3v) is 3.45. The molecule has 1 aromatic heterocycles. The first kappa shape index (κ1) is 14.1. The molecule has 8 heteroatoms. The number of nitrogens with zero attached hydrogens (tertiary/aromatic N) is 2. The molecule has 17 heavy (non-hydrogen) atoms. The summed E-state index contributed by atoms with van der Waals surface area (Å²) in [5.41, 5.74) is -1.12. The van der Waals surface area contributed by atoms with Gasteiger partial charge in [0.2, 0.25) is 10.0 Å². The molecule has 7 nitrogen and oxygen atoms in total. The fraction of sp³-hybridized carbons (Fsp3) is 0.667. The third kappa shape index (κ3) is 4.43. The van der Waals surface area contributed by atoms with E-state index in [9.17, 15) is 13.5 Å². The molecule has 0 saturated heterocycles. The summed E-state index contributed by atoms with van der Waals surface area (Å²) in [4.78, 5) is 1.84. The standard InChI is InChI=1S/C9H18N4O3S/c1-9(14,7-13(2)3)6-12-17(15,16)8-4-10-11-5-8/h4-5,12,14H,6-7H2,1-3H3,(H,10,11). The second-order valence-electron chi connectivity index (χ2n) is 4.49. The van der Waals surface area contributed by atoms with Gasteiger partial charge < -0.3 is 10.0 Å².